The molecule has 3 rings (SSSR count). The minimum atomic E-state index is 0.530. The molecule has 4 heteroatoms. The Hall–Kier alpha value is -2.57. The highest BCUT2D eigenvalue weighted by atomic mass is 35.5. The van der Waals surface area contributed by atoms with Crippen LogP contribution in [-0.4, -0.2) is 4.98 Å². The van der Waals surface area contributed by atoms with Crippen molar-refractivity contribution in [2.24, 2.45) is 0 Å². The number of aryl methyl sites for hydroxylation is 1. The molecule has 3 aromatic rings. The van der Waals surface area contributed by atoms with E-state index in [1.807, 2.05) is 43.3 Å². The number of hydrogen-bond acceptors (Lipinski definition) is 3. The maximum atomic E-state index is 9.35. The maximum Gasteiger partial charge on any atom is 0.135 e. The van der Waals surface area contributed by atoms with Gasteiger partial charge in [-0.05, 0) is 37.3 Å². The van der Waals surface area contributed by atoms with Gasteiger partial charge in [-0.2, -0.15) is 5.26 Å². The summed E-state index contributed by atoms with van der Waals surface area (Å²) in [5.74, 6) is 0.660. The molecule has 102 valence electrons. The van der Waals surface area contributed by atoms with Crippen molar-refractivity contribution in [2.45, 2.75) is 6.92 Å². The molecular formula is C17H11ClN2O. The predicted octanol–water partition coefficient (Wildman–Crippen LogP) is 4.84. The highest BCUT2D eigenvalue weighted by Crippen LogP contribution is 2.30. The van der Waals surface area contributed by atoms with Crippen molar-refractivity contribution < 1.29 is 4.42 Å². The summed E-state index contributed by atoms with van der Waals surface area (Å²) >= 11 is 5.91. The molecule has 0 spiro atoms. The fourth-order valence-corrected chi connectivity index (χ4v) is 2.33. The summed E-state index contributed by atoms with van der Waals surface area (Å²) in [4.78, 5) is 4.51. The van der Waals surface area contributed by atoms with E-state index in [0.29, 0.717) is 22.0 Å². The lowest BCUT2D eigenvalue weighted by Gasteiger charge is -2.08. The number of aromatic nitrogens is 1. The summed E-state index contributed by atoms with van der Waals surface area (Å²) in [6, 6.07) is 15.1. The molecule has 0 aliphatic rings. The first-order valence-corrected chi connectivity index (χ1v) is 6.78. The monoisotopic (exact) mass is 294 g/mol. The number of benzene rings is 1. The Morgan fingerprint density at radius 3 is 2.57 bits per heavy atom. The van der Waals surface area contributed by atoms with Gasteiger partial charge in [0.1, 0.15) is 11.8 Å². The number of nitrogens with zero attached hydrogens (tertiary/aromatic N) is 2. The van der Waals surface area contributed by atoms with Gasteiger partial charge in [-0.3, -0.25) is 4.98 Å². The molecule has 0 saturated carbocycles. The van der Waals surface area contributed by atoms with Gasteiger partial charge in [-0.1, -0.05) is 23.7 Å². The SMILES string of the molecule is Cc1nc(-c2ccc(Cl)cc2)cc(-c2ccco2)c1C#N. The Morgan fingerprint density at radius 2 is 1.95 bits per heavy atom. The molecule has 21 heavy (non-hydrogen) atoms. The zero-order chi connectivity index (χ0) is 14.8. The van der Waals surface area contributed by atoms with Gasteiger partial charge >= 0.3 is 0 Å². The number of nitriles is 1. The van der Waals surface area contributed by atoms with Crippen LogP contribution in [-0.2, 0) is 0 Å². The number of hydrogen-bond donors (Lipinski definition) is 0. The molecule has 0 radical (unpaired) electrons. The summed E-state index contributed by atoms with van der Waals surface area (Å²) in [6.45, 7) is 1.82. The van der Waals surface area contributed by atoms with Gasteiger partial charge in [-0.25, -0.2) is 0 Å². The second-order valence-corrected chi connectivity index (χ2v) is 5.05. The van der Waals surface area contributed by atoms with Gasteiger partial charge in [0, 0.05) is 16.1 Å². The zero-order valence-electron chi connectivity index (χ0n) is 11.3. The van der Waals surface area contributed by atoms with Gasteiger partial charge in [0.05, 0.1) is 23.2 Å². The van der Waals surface area contributed by atoms with Crippen molar-refractivity contribution in [1.82, 2.24) is 4.98 Å². The van der Waals surface area contributed by atoms with Crippen LogP contribution < -0.4 is 0 Å². The Bertz CT molecular complexity index is 815. The van der Waals surface area contributed by atoms with E-state index < -0.39 is 0 Å². The van der Waals surface area contributed by atoms with E-state index in [1.54, 1.807) is 12.3 Å². The molecule has 3 nitrogen and oxygen atoms in total. The highest BCUT2D eigenvalue weighted by molar-refractivity contribution is 6.30. The quantitative estimate of drug-likeness (QED) is 0.679. The van der Waals surface area contributed by atoms with Crippen LogP contribution in [0.1, 0.15) is 11.3 Å². The molecule has 0 saturated heterocycles. The third kappa shape index (κ3) is 2.54. The summed E-state index contributed by atoms with van der Waals surface area (Å²) in [5.41, 5.74) is 3.69. The standard InChI is InChI=1S/C17H11ClN2O/c1-11-15(10-19)14(17-3-2-8-21-17)9-16(20-11)12-4-6-13(18)7-5-12/h2-9H,1H3. The lowest BCUT2D eigenvalue weighted by molar-refractivity contribution is 0.582. The van der Waals surface area contributed by atoms with Crippen LogP contribution in [0.25, 0.3) is 22.6 Å². The second-order valence-electron chi connectivity index (χ2n) is 4.61. The van der Waals surface area contributed by atoms with Crippen molar-refractivity contribution in [3.05, 3.63) is 65.0 Å². The van der Waals surface area contributed by atoms with Crippen molar-refractivity contribution in [2.75, 3.05) is 0 Å². The van der Waals surface area contributed by atoms with Gasteiger partial charge in [0.2, 0.25) is 0 Å². The molecular weight excluding hydrogens is 284 g/mol. The molecule has 0 unspecified atom stereocenters. The number of furan rings is 1. The molecule has 2 aromatic heterocycles. The summed E-state index contributed by atoms with van der Waals surface area (Å²) < 4.78 is 5.43. The molecule has 0 bridgehead atoms. The fraction of sp³-hybridized carbons (Fsp3) is 0.0588. The highest BCUT2D eigenvalue weighted by Gasteiger charge is 2.14. The van der Waals surface area contributed by atoms with Gasteiger partial charge in [0.15, 0.2) is 0 Å². The third-order valence-corrected chi connectivity index (χ3v) is 3.49. The molecule has 0 amide bonds. The van der Waals surface area contributed by atoms with Crippen LogP contribution in [0.15, 0.2) is 53.1 Å². The molecule has 2 heterocycles. The van der Waals surface area contributed by atoms with Crippen LogP contribution in [0.2, 0.25) is 5.02 Å². The van der Waals surface area contributed by atoms with E-state index in [2.05, 4.69) is 11.1 Å². The van der Waals surface area contributed by atoms with E-state index >= 15 is 0 Å². The summed E-state index contributed by atoms with van der Waals surface area (Å²) in [6.07, 6.45) is 1.59. The number of pyridine rings is 1. The minimum Gasteiger partial charge on any atom is -0.464 e. The fourth-order valence-electron chi connectivity index (χ4n) is 2.21. The van der Waals surface area contributed by atoms with E-state index in [1.165, 1.54) is 0 Å². The molecule has 0 atom stereocenters. The molecule has 0 aliphatic heterocycles. The Balaban J connectivity index is 2.21. The van der Waals surface area contributed by atoms with Crippen molar-refractivity contribution in [3.8, 4) is 28.7 Å². The molecule has 0 N–H and O–H groups in total. The van der Waals surface area contributed by atoms with Crippen LogP contribution in [0.5, 0.6) is 0 Å². The maximum absolute atomic E-state index is 9.35. The zero-order valence-corrected chi connectivity index (χ0v) is 12.1. The van der Waals surface area contributed by atoms with Crippen molar-refractivity contribution in [3.63, 3.8) is 0 Å². The Kier molecular flexibility index (Phi) is 3.47. The largest absolute Gasteiger partial charge is 0.464 e. The van der Waals surface area contributed by atoms with E-state index in [0.717, 1.165) is 16.8 Å². The topological polar surface area (TPSA) is 49.8 Å². The summed E-state index contributed by atoms with van der Waals surface area (Å²) in [7, 11) is 0. The minimum absolute atomic E-state index is 0.530. The average molecular weight is 295 g/mol. The number of rotatable bonds is 2. The van der Waals surface area contributed by atoms with Crippen LogP contribution in [0.3, 0.4) is 0 Å². The van der Waals surface area contributed by atoms with Gasteiger partial charge < -0.3 is 4.42 Å². The Morgan fingerprint density at radius 1 is 1.19 bits per heavy atom. The number of halogens is 1. The van der Waals surface area contributed by atoms with Gasteiger partial charge in [-0.15, -0.1) is 0 Å². The lowest BCUT2D eigenvalue weighted by atomic mass is 10.0. The van der Waals surface area contributed by atoms with E-state index in [-0.39, 0.29) is 0 Å². The van der Waals surface area contributed by atoms with Crippen LogP contribution >= 0.6 is 11.6 Å². The predicted molar refractivity (Wildman–Crippen MR) is 81.8 cm³/mol. The first-order valence-electron chi connectivity index (χ1n) is 6.40. The van der Waals surface area contributed by atoms with Gasteiger partial charge in [0.25, 0.3) is 0 Å². The normalized spacial score (nSPS) is 10.3. The molecule has 1 aromatic carbocycles. The second kappa shape index (κ2) is 5.43. The smallest absolute Gasteiger partial charge is 0.135 e. The van der Waals surface area contributed by atoms with E-state index in [9.17, 15) is 5.26 Å². The van der Waals surface area contributed by atoms with Crippen LogP contribution in [0, 0.1) is 18.3 Å². The molecule has 0 fully saturated rings. The van der Waals surface area contributed by atoms with E-state index in [4.69, 9.17) is 16.0 Å². The lowest BCUT2D eigenvalue weighted by Crippen LogP contribution is -1.95. The Labute approximate surface area is 127 Å². The molecule has 0 aliphatic carbocycles. The summed E-state index contributed by atoms with van der Waals surface area (Å²) in [5, 5.41) is 10.0. The third-order valence-electron chi connectivity index (χ3n) is 3.24. The van der Waals surface area contributed by atoms with Crippen molar-refractivity contribution >= 4 is 11.6 Å². The average Bonchev–Trinajstić information content (AvgIpc) is 3.01. The first-order chi connectivity index (χ1) is 10.2. The van der Waals surface area contributed by atoms with Crippen molar-refractivity contribution in [1.29, 1.82) is 5.26 Å². The van der Waals surface area contributed by atoms with Crippen LogP contribution in [0.4, 0.5) is 0 Å². The first kappa shape index (κ1) is 13.4.